The number of rotatable bonds is 8. The van der Waals surface area contributed by atoms with E-state index < -0.39 is 0 Å². The minimum Gasteiger partial charge on any atom is -0.0985 e. The van der Waals surface area contributed by atoms with Crippen LogP contribution in [0.4, 0.5) is 0 Å². The summed E-state index contributed by atoms with van der Waals surface area (Å²) in [5.74, 6) is 0. The van der Waals surface area contributed by atoms with Gasteiger partial charge in [-0.3, -0.25) is 0 Å². The highest BCUT2D eigenvalue weighted by atomic mass is 14.0. The quantitative estimate of drug-likeness (QED) is 0.463. The maximum atomic E-state index is 3.86. The molecule has 0 radical (unpaired) electrons. The van der Waals surface area contributed by atoms with Gasteiger partial charge in [0.1, 0.15) is 0 Å². The second kappa shape index (κ2) is 12.9. The normalized spacial score (nSPS) is 9.68. The van der Waals surface area contributed by atoms with Gasteiger partial charge in [0.25, 0.3) is 0 Å². The molecule has 0 N–H and O–H groups in total. The third-order valence-corrected chi connectivity index (χ3v) is 3.74. The Balaban J connectivity index is 0.000000335. The van der Waals surface area contributed by atoms with Gasteiger partial charge in [-0.25, -0.2) is 0 Å². The highest BCUT2D eigenvalue weighted by molar-refractivity contribution is 5.51. The molecule has 0 saturated heterocycles. The molecule has 0 spiro atoms. The van der Waals surface area contributed by atoms with E-state index in [0.717, 1.165) is 0 Å². The van der Waals surface area contributed by atoms with Crippen LogP contribution in [-0.4, -0.2) is 0 Å². The van der Waals surface area contributed by atoms with E-state index in [2.05, 4.69) is 37.8 Å². The zero-order valence-corrected chi connectivity index (χ0v) is 14.0. The van der Waals surface area contributed by atoms with E-state index in [-0.39, 0.29) is 0 Å². The van der Waals surface area contributed by atoms with Crippen molar-refractivity contribution in [1.29, 1.82) is 0 Å². The average Bonchev–Trinajstić information content (AvgIpc) is 2.60. The molecule has 2 aromatic carbocycles. The van der Waals surface area contributed by atoms with Gasteiger partial charge in [0.2, 0.25) is 0 Å². The smallest absolute Gasteiger partial charge is 0.0230 e. The van der Waals surface area contributed by atoms with Crippen LogP contribution in [0.15, 0.2) is 67.2 Å². The lowest BCUT2D eigenvalue weighted by Crippen LogP contribution is -1.89. The summed E-state index contributed by atoms with van der Waals surface area (Å²) in [5, 5.41) is 0. The predicted molar refractivity (Wildman–Crippen MR) is 100 cm³/mol. The van der Waals surface area contributed by atoms with Gasteiger partial charge in [0.05, 0.1) is 0 Å². The Kier molecular flexibility index (Phi) is 10.7. The molecule has 0 heterocycles. The molecular weight excluding hydrogens is 264 g/mol. The second-order valence-electron chi connectivity index (χ2n) is 5.58. The van der Waals surface area contributed by atoms with Gasteiger partial charge in [-0.2, -0.15) is 0 Å². The number of unbranched alkanes of at least 4 members (excludes halogenated alkanes) is 5. The van der Waals surface area contributed by atoms with Crippen molar-refractivity contribution in [1.82, 2.24) is 0 Å². The zero-order valence-electron chi connectivity index (χ0n) is 14.0. The monoisotopic (exact) mass is 294 g/mol. The molecule has 2 aromatic rings. The SMILES string of the molecule is C=Cc1ccccc1CCCCCCCC.c1ccccc1. The highest BCUT2D eigenvalue weighted by Gasteiger charge is 1.97. The lowest BCUT2D eigenvalue weighted by Gasteiger charge is -2.05. The van der Waals surface area contributed by atoms with Gasteiger partial charge in [-0.05, 0) is 24.0 Å². The van der Waals surface area contributed by atoms with Crippen molar-refractivity contribution in [3.8, 4) is 0 Å². The van der Waals surface area contributed by atoms with E-state index in [1.54, 1.807) is 0 Å². The lowest BCUT2D eigenvalue weighted by molar-refractivity contribution is 0.607. The molecule has 0 aromatic heterocycles. The van der Waals surface area contributed by atoms with Crippen molar-refractivity contribution in [3.63, 3.8) is 0 Å². The van der Waals surface area contributed by atoms with E-state index in [0.29, 0.717) is 0 Å². The first-order valence-electron chi connectivity index (χ1n) is 8.58. The van der Waals surface area contributed by atoms with Crippen molar-refractivity contribution < 1.29 is 0 Å². The van der Waals surface area contributed by atoms with Crippen molar-refractivity contribution in [3.05, 3.63) is 78.4 Å². The molecule has 22 heavy (non-hydrogen) atoms. The van der Waals surface area contributed by atoms with E-state index in [1.807, 2.05) is 42.5 Å². The maximum absolute atomic E-state index is 3.86. The Labute approximate surface area is 136 Å². The second-order valence-corrected chi connectivity index (χ2v) is 5.58. The minimum atomic E-state index is 1.20. The van der Waals surface area contributed by atoms with Gasteiger partial charge >= 0.3 is 0 Å². The van der Waals surface area contributed by atoms with Crippen molar-refractivity contribution in [2.24, 2.45) is 0 Å². The Bertz CT molecular complexity index is 458. The van der Waals surface area contributed by atoms with E-state index >= 15 is 0 Å². The summed E-state index contributed by atoms with van der Waals surface area (Å²) in [6, 6.07) is 20.6. The first-order valence-corrected chi connectivity index (χ1v) is 8.58. The van der Waals surface area contributed by atoms with E-state index in [1.165, 1.54) is 56.1 Å². The van der Waals surface area contributed by atoms with Crippen LogP contribution < -0.4 is 0 Å². The minimum absolute atomic E-state index is 1.20. The topological polar surface area (TPSA) is 0 Å². The summed E-state index contributed by atoms with van der Waals surface area (Å²) < 4.78 is 0. The first kappa shape index (κ1) is 18.2. The molecule has 0 saturated carbocycles. The fourth-order valence-corrected chi connectivity index (χ4v) is 2.44. The summed E-state index contributed by atoms with van der Waals surface area (Å²) >= 11 is 0. The van der Waals surface area contributed by atoms with Crippen LogP contribution in [-0.2, 0) is 6.42 Å². The van der Waals surface area contributed by atoms with Crippen molar-refractivity contribution in [2.75, 3.05) is 0 Å². The standard InChI is InChI=1S/C16H24.C6H6/c1-3-5-6-7-8-9-13-16-14-11-10-12-15(16)4-2;1-2-4-6-5-3-1/h4,10-12,14H,2-3,5-9,13H2,1H3;1-6H. The Hall–Kier alpha value is -1.82. The molecule has 0 aliphatic carbocycles. The Morgan fingerprint density at radius 2 is 1.27 bits per heavy atom. The molecule has 0 fully saturated rings. The number of benzene rings is 2. The van der Waals surface area contributed by atoms with E-state index in [9.17, 15) is 0 Å². The third-order valence-electron chi connectivity index (χ3n) is 3.74. The summed E-state index contributed by atoms with van der Waals surface area (Å²) in [6.45, 7) is 6.12. The Morgan fingerprint density at radius 3 is 1.86 bits per heavy atom. The molecule has 0 amide bonds. The molecule has 0 aliphatic heterocycles. The molecule has 118 valence electrons. The number of aryl methyl sites for hydroxylation is 1. The number of hydrogen-bond acceptors (Lipinski definition) is 0. The van der Waals surface area contributed by atoms with Gasteiger partial charge in [0, 0.05) is 0 Å². The molecule has 2 rings (SSSR count). The molecule has 0 atom stereocenters. The lowest BCUT2D eigenvalue weighted by atomic mass is 10.0. The van der Waals surface area contributed by atoms with Crippen LogP contribution >= 0.6 is 0 Å². The predicted octanol–water partition coefficient (Wildman–Crippen LogP) is 6.92. The molecule has 0 heteroatoms. The first-order chi connectivity index (χ1) is 10.9. The van der Waals surface area contributed by atoms with Crippen LogP contribution in [0.5, 0.6) is 0 Å². The van der Waals surface area contributed by atoms with Crippen LogP contribution in [0.1, 0.15) is 56.6 Å². The molecule has 0 aliphatic rings. The molecule has 0 unspecified atom stereocenters. The third kappa shape index (κ3) is 8.46. The number of hydrogen-bond donors (Lipinski definition) is 0. The van der Waals surface area contributed by atoms with Gasteiger partial charge in [-0.1, -0.05) is 112 Å². The average molecular weight is 294 g/mol. The Morgan fingerprint density at radius 1 is 0.727 bits per heavy atom. The highest BCUT2D eigenvalue weighted by Crippen LogP contribution is 2.14. The zero-order chi connectivity index (χ0) is 15.9. The summed E-state index contributed by atoms with van der Waals surface area (Å²) in [6.07, 6.45) is 11.4. The summed E-state index contributed by atoms with van der Waals surface area (Å²) in [4.78, 5) is 0. The van der Waals surface area contributed by atoms with Crippen LogP contribution in [0.3, 0.4) is 0 Å². The molecule has 0 nitrogen and oxygen atoms in total. The largest absolute Gasteiger partial charge is 0.0985 e. The fourth-order valence-electron chi connectivity index (χ4n) is 2.44. The molecular formula is C22H30. The van der Waals surface area contributed by atoms with Crippen molar-refractivity contribution >= 4 is 6.08 Å². The maximum Gasteiger partial charge on any atom is -0.0230 e. The summed E-state index contributed by atoms with van der Waals surface area (Å²) in [7, 11) is 0. The van der Waals surface area contributed by atoms with E-state index in [4.69, 9.17) is 0 Å². The van der Waals surface area contributed by atoms with Gasteiger partial charge in [0.15, 0.2) is 0 Å². The van der Waals surface area contributed by atoms with Crippen LogP contribution in [0.2, 0.25) is 0 Å². The fraction of sp³-hybridized carbons (Fsp3) is 0.364. The molecule has 0 bridgehead atoms. The van der Waals surface area contributed by atoms with Crippen molar-refractivity contribution in [2.45, 2.75) is 51.9 Å². The van der Waals surface area contributed by atoms with Gasteiger partial charge in [-0.15, -0.1) is 0 Å². The van der Waals surface area contributed by atoms with Crippen LogP contribution in [0, 0.1) is 0 Å². The van der Waals surface area contributed by atoms with Crippen LogP contribution in [0.25, 0.3) is 6.08 Å². The van der Waals surface area contributed by atoms with Gasteiger partial charge < -0.3 is 0 Å². The summed E-state index contributed by atoms with van der Waals surface area (Å²) in [5.41, 5.74) is 2.75.